The van der Waals surface area contributed by atoms with Crippen LogP contribution in [0.1, 0.15) is 47.5 Å². The Labute approximate surface area is 167 Å². The molecule has 0 N–H and O–H groups in total. The molecule has 4 rings (SSSR count). The molecule has 3 aromatic rings. The van der Waals surface area contributed by atoms with Gasteiger partial charge in [0.25, 0.3) is 5.56 Å². The first-order valence-electron chi connectivity index (χ1n) is 9.32. The van der Waals surface area contributed by atoms with E-state index >= 15 is 0 Å². The number of halogens is 1. The molecule has 2 aromatic heterocycles. The number of benzene rings is 1. The molecule has 0 bridgehead atoms. The third-order valence-electron chi connectivity index (χ3n) is 5.08. The van der Waals surface area contributed by atoms with Crippen molar-refractivity contribution in [3.8, 4) is 6.07 Å². The van der Waals surface area contributed by atoms with Crippen molar-refractivity contribution in [1.82, 2.24) is 9.55 Å². The zero-order chi connectivity index (χ0) is 18.8. The normalized spacial score (nSPS) is 13.5. The lowest BCUT2D eigenvalue weighted by atomic mass is 9.97. The molecule has 1 aliphatic rings. The van der Waals surface area contributed by atoms with E-state index in [0.29, 0.717) is 30.8 Å². The fourth-order valence-corrected chi connectivity index (χ4v) is 5.28. The largest absolute Gasteiger partial charge is 0.296 e. The highest BCUT2D eigenvalue weighted by Crippen LogP contribution is 2.34. The Hall–Kier alpha value is -2.16. The van der Waals surface area contributed by atoms with Crippen LogP contribution in [0.25, 0.3) is 10.2 Å². The van der Waals surface area contributed by atoms with Crippen molar-refractivity contribution < 1.29 is 0 Å². The maximum absolute atomic E-state index is 13.4. The van der Waals surface area contributed by atoms with Crippen LogP contribution in [-0.4, -0.2) is 9.55 Å². The summed E-state index contributed by atoms with van der Waals surface area (Å²) >= 11 is 7.80. The van der Waals surface area contributed by atoms with Gasteiger partial charge in [0.2, 0.25) is 0 Å². The second-order valence-corrected chi connectivity index (χ2v) is 8.46. The fraction of sp³-hybridized carbons (Fsp3) is 0.381. The van der Waals surface area contributed by atoms with Gasteiger partial charge in [0.15, 0.2) is 0 Å². The summed E-state index contributed by atoms with van der Waals surface area (Å²) in [6.07, 6.45) is 5.98. The topological polar surface area (TPSA) is 58.7 Å². The fourth-order valence-electron chi connectivity index (χ4n) is 3.79. The SMILES string of the molecule is N#CCCCn1c(Cc2cccc(Cl)c2)nc2sc3c(c2c1=O)CCCC3. The molecule has 6 heteroatoms. The van der Waals surface area contributed by atoms with Crippen molar-refractivity contribution in [3.05, 3.63) is 61.5 Å². The molecule has 0 saturated carbocycles. The van der Waals surface area contributed by atoms with Gasteiger partial charge in [0.05, 0.1) is 11.5 Å². The minimum atomic E-state index is 0.0503. The van der Waals surface area contributed by atoms with Crippen LogP contribution < -0.4 is 5.56 Å². The van der Waals surface area contributed by atoms with Crippen molar-refractivity contribution >= 4 is 33.2 Å². The second kappa shape index (κ2) is 7.84. The molecule has 138 valence electrons. The number of nitriles is 1. The molecular weight excluding hydrogens is 378 g/mol. The van der Waals surface area contributed by atoms with Crippen molar-refractivity contribution in [2.75, 3.05) is 0 Å². The number of aryl methyl sites for hydroxylation is 2. The molecule has 0 fully saturated rings. The van der Waals surface area contributed by atoms with Gasteiger partial charge in [-0.1, -0.05) is 23.7 Å². The van der Waals surface area contributed by atoms with E-state index in [0.717, 1.165) is 40.9 Å². The number of rotatable bonds is 5. The summed E-state index contributed by atoms with van der Waals surface area (Å²) in [7, 11) is 0. The van der Waals surface area contributed by atoms with E-state index in [1.165, 1.54) is 16.9 Å². The number of hydrogen-bond acceptors (Lipinski definition) is 4. The number of hydrogen-bond donors (Lipinski definition) is 0. The first-order valence-corrected chi connectivity index (χ1v) is 10.5. The number of thiophene rings is 1. The highest BCUT2D eigenvalue weighted by molar-refractivity contribution is 7.18. The Morgan fingerprint density at radius 1 is 1.30 bits per heavy atom. The summed E-state index contributed by atoms with van der Waals surface area (Å²) in [5.74, 6) is 0.756. The third kappa shape index (κ3) is 3.65. The summed E-state index contributed by atoms with van der Waals surface area (Å²) in [6.45, 7) is 0.524. The smallest absolute Gasteiger partial charge is 0.262 e. The maximum Gasteiger partial charge on any atom is 0.262 e. The van der Waals surface area contributed by atoms with Crippen molar-refractivity contribution in [2.45, 2.75) is 51.5 Å². The molecule has 2 heterocycles. The van der Waals surface area contributed by atoms with Crippen LogP contribution in [0.15, 0.2) is 29.1 Å². The van der Waals surface area contributed by atoms with E-state index < -0.39 is 0 Å². The minimum absolute atomic E-state index is 0.0503. The molecule has 0 radical (unpaired) electrons. The number of unbranched alkanes of at least 4 members (excludes halogenated alkanes) is 1. The van der Waals surface area contributed by atoms with Crippen LogP contribution in [0, 0.1) is 11.3 Å². The Morgan fingerprint density at radius 2 is 2.15 bits per heavy atom. The van der Waals surface area contributed by atoms with Gasteiger partial charge in [0, 0.05) is 29.3 Å². The number of fused-ring (bicyclic) bond motifs is 3. The van der Waals surface area contributed by atoms with E-state index in [-0.39, 0.29) is 5.56 Å². The zero-order valence-corrected chi connectivity index (χ0v) is 16.6. The van der Waals surface area contributed by atoms with E-state index in [9.17, 15) is 4.79 Å². The molecule has 0 spiro atoms. The van der Waals surface area contributed by atoms with E-state index in [1.54, 1.807) is 15.9 Å². The average molecular weight is 398 g/mol. The Morgan fingerprint density at radius 3 is 2.96 bits per heavy atom. The van der Waals surface area contributed by atoms with Gasteiger partial charge in [-0.15, -0.1) is 11.3 Å². The summed E-state index contributed by atoms with van der Waals surface area (Å²) in [5.41, 5.74) is 2.29. The van der Waals surface area contributed by atoms with Gasteiger partial charge >= 0.3 is 0 Å². The standard InChI is InChI=1S/C21H20ClN3OS/c22-15-7-5-6-14(12-15)13-18-24-20-19(16-8-1-2-9-17(16)27-20)21(26)25(18)11-4-3-10-23/h5-7,12H,1-4,8-9,11,13H2. The lowest BCUT2D eigenvalue weighted by Crippen LogP contribution is -2.26. The summed E-state index contributed by atoms with van der Waals surface area (Å²) in [5, 5.41) is 10.4. The third-order valence-corrected chi connectivity index (χ3v) is 6.50. The monoisotopic (exact) mass is 397 g/mol. The molecule has 0 amide bonds. The Kier molecular flexibility index (Phi) is 5.29. The van der Waals surface area contributed by atoms with Crippen LogP contribution in [0.5, 0.6) is 0 Å². The molecule has 1 aromatic carbocycles. The maximum atomic E-state index is 13.4. The van der Waals surface area contributed by atoms with Crippen molar-refractivity contribution in [1.29, 1.82) is 5.26 Å². The number of nitrogens with zero attached hydrogens (tertiary/aromatic N) is 3. The molecular formula is C21H20ClN3OS. The lowest BCUT2D eigenvalue weighted by molar-refractivity contribution is 0.597. The molecule has 0 aliphatic heterocycles. The molecule has 0 unspecified atom stereocenters. The van der Waals surface area contributed by atoms with Crippen LogP contribution in [0.4, 0.5) is 0 Å². The Balaban J connectivity index is 1.84. The Bertz CT molecular complexity index is 1090. The van der Waals surface area contributed by atoms with Gasteiger partial charge in [0.1, 0.15) is 10.7 Å². The quantitative estimate of drug-likeness (QED) is 0.576. The average Bonchev–Trinajstić information content (AvgIpc) is 3.02. The van der Waals surface area contributed by atoms with Gasteiger partial charge in [-0.2, -0.15) is 5.26 Å². The summed E-state index contributed by atoms with van der Waals surface area (Å²) in [4.78, 5) is 20.4. The summed E-state index contributed by atoms with van der Waals surface area (Å²) in [6, 6.07) is 9.84. The summed E-state index contributed by atoms with van der Waals surface area (Å²) < 4.78 is 1.78. The molecule has 0 saturated heterocycles. The lowest BCUT2D eigenvalue weighted by Gasteiger charge is -2.13. The molecule has 0 atom stereocenters. The predicted molar refractivity (Wildman–Crippen MR) is 110 cm³/mol. The van der Waals surface area contributed by atoms with Crippen LogP contribution >= 0.6 is 22.9 Å². The second-order valence-electron chi connectivity index (χ2n) is 6.94. The highest BCUT2D eigenvalue weighted by Gasteiger charge is 2.22. The van der Waals surface area contributed by atoms with Crippen molar-refractivity contribution in [2.24, 2.45) is 0 Å². The van der Waals surface area contributed by atoms with Crippen molar-refractivity contribution in [3.63, 3.8) is 0 Å². The van der Waals surface area contributed by atoms with Gasteiger partial charge in [-0.05, 0) is 55.4 Å². The minimum Gasteiger partial charge on any atom is -0.296 e. The van der Waals surface area contributed by atoms with E-state index in [2.05, 4.69) is 6.07 Å². The van der Waals surface area contributed by atoms with Gasteiger partial charge in [-0.25, -0.2) is 4.98 Å². The zero-order valence-electron chi connectivity index (χ0n) is 15.0. The number of aromatic nitrogens is 2. The van der Waals surface area contributed by atoms with Crippen LogP contribution in [0.3, 0.4) is 0 Å². The first kappa shape index (κ1) is 18.2. The van der Waals surface area contributed by atoms with E-state index in [4.69, 9.17) is 21.8 Å². The van der Waals surface area contributed by atoms with Gasteiger partial charge < -0.3 is 0 Å². The van der Waals surface area contributed by atoms with Crippen LogP contribution in [0.2, 0.25) is 5.02 Å². The molecule has 27 heavy (non-hydrogen) atoms. The van der Waals surface area contributed by atoms with E-state index in [1.807, 2.05) is 24.3 Å². The van der Waals surface area contributed by atoms with Gasteiger partial charge in [-0.3, -0.25) is 9.36 Å². The highest BCUT2D eigenvalue weighted by atomic mass is 35.5. The first-order chi connectivity index (χ1) is 13.2. The predicted octanol–water partition coefficient (Wildman–Crippen LogP) is 4.88. The molecule has 1 aliphatic carbocycles. The molecule has 4 nitrogen and oxygen atoms in total. The van der Waals surface area contributed by atoms with Crippen LogP contribution in [-0.2, 0) is 25.8 Å².